The highest BCUT2D eigenvalue weighted by Gasteiger charge is 2.22. The second kappa shape index (κ2) is 7.85. The summed E-state index contributed by atoms with van der Waals surface area (Å²) in [5, 5.41) is 4.89. The molecule has 6 nitrogen and oxygen atoms in total. The smallest absolute Gasteiger partial charge is 0.340 e. The summed E-state index contributed by atoms with van der Waals surface area (Å²) in [7, 11) is 0. The van der Waals surface area contributed by atoms with Crippen LogP contribution in [0.1, 0.15) is 24.2 Å². The van der Waals surface area contributed by atoms with Crippen LogP contribution < -0.4 is 10.6 Å². The summed E-state index contributed by atoms with van der Waals surface area (Å²) in [5.74, 6) is -1.55. The highest BCUT2D eigenvalue weighted by Crippen LogP contribution is 2.21. The number of esters is 1. The van der Waals surface area contributed by atoms with Gasteiger partial charge in [-0.15, -0.1) is 0 Å². The molecule has 1 rings (SSSR count). The lowest BCUT2D eigenvalue weighted by Crippen LogP contribution is -2.44. The minimum absolute atomic E-state index is 0.0434. The van der Waals surface area contributed by atoms with E-state index in [9.17, 15) is 14.4 Å². The number of amides is 3. The summed E-state index contributed by atoms with van der Waals surface area (Å²) in [6, 6.07) is 3.64. The van der Waals surface area contributed by atoms with Gasteiger partial charge in [0.25, 0.3) is 5.91 Å². The lowest BCUT2D eigenvalue weighted by atomic mass is 10.2. The number of urea groups is 1. The van der Waals surface area contributed by atoms with Crippen LogP contribution in [0.2, 0.25) is 10.0 Å². The van der Waals surface area contributed by atoms with Gasteiger partial charge in [0.15, 0.2) is 6.10 Å². The van der Waals surface area contributed by atoms with Crippen LogP contribution in [0.25, 0.3) is 0 Å². The zero-order valence-corrected chi connectivity index (χ0v) is 12.9. The Labute approximate surface area is 131 Å². The number of hydrogen-bond donors (Lipinski definition) is 2. The SMILES string of the molecule is CCNC(=O)NC(=O)[C@@H](C)OC(=O)c1cc(Cl)ccc1Cl. The Bertz CT molecular complexity index is 563. The van der Waals surface area contributed by atoms with Crippen molar-refractivity contribution in [3.8, 4) is 0 Å². The number of imide groups is 1. The quantitative estimate of drug-likeness (QED) is 0.829. The Balaban J connectivity index is 2.67. The molecule has 114 valence electrons. The van der Waals surface area contributed by atoms with Crippen molar-refractivity contribution in [2.75, 3.05) is 6.54 Å². The normalized spacial score (nSPS) is 11.4. The molecule has 0 aliphatic heterocycles. The van der Waals surface area contributed by atoms with E-state index in [4.69, 9.17) is 27.9 Å². The predicted molar refractivity (Wildman–Crippen MR) is 78.6 cm³/mol. The van der Waals surface area contributed by atoms with Gasteiger partial charge in [-0.2, -0.15) is 0 Å². The molecule has 1 aromatic rings. The van der Waals surface area contributed by atoms with Crippen molar-refractivity contribution in [2.24, 2.45) is 0 Å². The maximum absolute atomic E-state index is 11.9. The molecule has 0 saturated heterocycles. The van der Waals surface area contributed by atoms with E-state index in [0.29, 0.717) is 11.6 Å². The lowest BCUT2D eigenvalue weighted by molar-refractivity contribution is -0.127. The molecule has 1 atom stereocenters. The molecule has 0 unspecified atom stereocenters. The van der Waals surface area contributed by atoms with E-state index in [1.807, 2.05) is 5.32 Å². The number of rotatable bonds is 4. The first-order valence-corrected chi connectivity index (χ1v) is 6.85. The third kappa shape index (κ3) is 5.24. The summed E-state index contributed by atoms with van der Waals surface area (Å²) in [5.41, 5.74) is 0.0434. The van der Waals surface area contributed by atoms with E-state index in [1.165, 1.54) is 25.1 Å². The van der Waals surface area contributed by atoms with Crippen LogP contribution in [-0.2, 0) is 9.53 Å². The van der Waals surface area contributed by atoms with Gasteiger partial charge in [0.1, 0.15) is 0 Å². The van der Waals surface area contributed by atoms with Gasteiger partial charge >= 0.3 is 12.0 Å². The fraction of sp³-hybridized carbons (Fsp3) is 0.308. The average Bonchev–Trinajstić information content (AvgIpc) is 2.41. The Kier molecular flexibility index (Phi) is 6.45. The monoisotopic (exact) mass is 332 g/mol. The Morgan fingerprint density at radius 3 is 2.57 bits per heavy atom. The summed E-state index contributed by atoms with van der Waals surface area (Å²) in [6.45, 7) is 3.41. The maximum Gasteiger partial charge on any atom is 0.340 e. The molecule has 0 spiro atoms. The number of carbonyl (C=O) groups is 3. The van der Waals surface area contributed by atoms with Gasteiger partial charge in [0, 0.05) is 11.6 Å². The van der Waals surface area contributed by atoms with Crippen LogP contribution in [0.3, 0.4) is 0 Å². The molecule has 1 aromatic carbocycles. The molecule has 0 heterocycles. The lowest BCUT2D eigenvalue weighted by Gasteiger charge is -2.13. The molecular formula is C13H14Cl2N2O4. The molecule has 0 aromatic heterocycles. The van der Waals surface area contributed by atoms with Gasteiger partial charge in [0.05, 0.1) is 10.6 Å². The van der Waals surface area contributed by atoms with Crippen LogP contribution in [0.15, 0.2) is 18.2 Å². The Morgan fingerprint density at radius 1 is 1.29 bits per heavy atom. The van der Waals surface area contributed by atoms with Crippen molar-refractivity contribution < 1.29 is 19.1 Å². The van der Waals surface area contributed by atoms with Gasteiger partial charge < -0.3 is 10.1 Å². The number of carbonyl (C=O) groups excluding carboxylic acids is 3. The van der Waals surface area contributed by atoms with Gasteiger partial charge in [-0.25, -0.2) is 9.59 Å². The van der Waals surface area contributed by atoms with Gasteiger partial charge in [-0.1, -0.05) is 23.2 Å². The fourth-order valence-corrected chi connectivity index (χ4v) is 1.72. The van der Waals surface area contributed by atoms with Gasteiger partial charge in [-0.3, -0.25) is 10.1 Å². The molecule has 8 heteroatoms. The van der Waals surface area contributed by atoms with Crippen LogP contribution in [0.4, 0.5) is 4.79 Å². The molecule has 2 N–H and O–H groups in total. The van der Waals surface area contributed by atoms with Crippen molar-refractivity contribution in [2.45, 2.75) is 20.0 Å². The third-order valence-corrected chi connectivity index (χ3v) is 2.94. The summed E-state index contributed by atoms with van der Waals surface area (Å²) in [4.78, 5) is 34.7. The standard InChI is InChI=1S/C13H14Cl2N2O4/c1-3-16-13(20)17-11(18)7(2)21-12(19)9-6-8(14)4-5-10(9)15/h4-7H,3H2,1-2H3,(H2,16,17,18,20)/t7-/m1/s1. The molecule has 3 amide bonds. The van der Waals surface area contributed by atoms with Crippen molar-refractivity contribution in [1.82, 2.24) is 10.6 Å². The van der Waals surface area contributed by atoms with Crippen LogP contribution in [-0.4, -0.2) is 30.6 Å². The van der Waals surface area contributed by atoms with Crippen molar-refractivity contribution in [3.63, 3.8) is 0 Å². The van der Waals surface area contributed by atoms with Crippen molar-refractivity contribution in [1.29, 1.82) is 0 Å². The van der Waals surface area contributed by atoms with Crippen LogP contribution in [0, 0.1) is 0 Å². The molecule has 0 bridgehead atoms. The zero-order valence-electron chi connectivity index (χ0n) is 11.4. The van der Waals surface area contributed by atoms with E-state index >= 15 is 0 Å². The van der Waals surface area contributed by atoms with Crippen LogP contribution >= 0.6 is 23.2 Å². The Hall–Kier alpha value is -1.79. The van der Waals surface area contributed by atoms with E-state index in [-0.39, 0.29) is 10.6 Å². The topological polar surface area (TPSA) is 84.5 Å². The molecular weight excluding hydrogens is 319 g/mol. The molecule has 0 aliphatic carbocycles. The number of hydrogen-bond acceptors (Lipinski definition) is 4. The number of nitrogens with one attached hydrogen (secondary N) is 2. The highest BCUT2D eigenvalue weighted by molar-refractivity contribution is 6.35. The third-order valence-electron chi connectivity index (χ3n) is 2.38. The largest absolute Gasteiger partial charge is 0.449 e. The van der Waals surface area contributed by atoms with E-state index < -0.39 is 24.0 Å². The first-order chi connectivity index (χ1) is 9.85. The minimum Gasteiger partial charge on any atom is -0.449 e. The highest BCUT2D eigenvalue weighted by atomic mass is 35.5. The number of benzene rings is 1. The summed E-state index contributed by atoms with van der Waals surface area (Å²) >= 11 is 11.6. The second-order valence-corrected chi connectivity index (χ2v) is 4.86. The first kappa shape index (κ1) is 17.3. The van der Waals surface area contributed by atoms with Crippen molar-refractivity contribution in [3.05, 3.63) is 33.8 Å². The van der Waals surface area contributed by atoms with E-state index in [2.05, 4.69) is 5.32 Å². The predicted octanol–water partition coefficient (Wildman–Crippen LogP) is 2.38. The minimum atomic E-state index is -1.16. The first-order valence-electron chi connectivity index (χ1n) is 6.09. The number of ether oxygens (including phenoxy) is 1. The summed E-state index contributed by atoms with van der Waals surface area (Å²) in [6.07, 6.45) is -1.16. The Morgan fingerprint density at radius 2 is 1.95 bits per heavy atom. The van der Waals surface area contributed by atoms with Gasteiger partial charge in [0.2, 0.25) is 0 Å². The van der Waals surface area contributed by atoms with E-state index in [1.54, 1.807) is 6.92 Å². The molecule has 0 saturated carbocycles. The van der Waals surface area contributed by atoms with Crippen LogP contribution in [0.5, 0.6) is 0 Å². The molecule has 0 aliphatic rings. The molecule has 0 radical (unpaired) electrons. The van der Waals surface area contributed by atoms with E-state index in [0.717, 1.165) is 0 Å². The fourth-order valence-electron chi connectivity index (χ4n) is 1.35. The number of halogens is 2. The summed E-state index contributed by atoms with van der Waals surface area (Å²) < 4.78 is 4.94. The molecule has 0 fully saturated rings. The second-order valence-electron chi connectivity index (χ2n) is 4.02. The van der Waals surface area contributed by atoms with Crippen molar-refractivity contribution >= 4 is 41.1 Å². The average molecular weight is 333 g/mol. The van der Waals surface area contributed by atoms with Gasteiger partial charge in [-0.05, 0) is 32.0 Å². The maximum atomic E-state index is 11.9. The molecule has 21 heavy (non-hydrogen) atoms. The zero-order chi connectivity index (χ0) is 16.0.